The number of aliphatic hydroxyl groups excluding tert-OH is 3. The fraction of sp³-hybridized carbons (Fsp3) is 0.476. The second kappa shape index (κ2) is 11.7. The molecule has 4 atom stereocenters. The van der Waals surface area contributed by atoms with E-state index in [1.807, 2.05) is 11.4 Å². The predicted octanol–water partition coefficient (Wildman–Crippen LogP) is 0.887. The number of aromatic nitrogens is 4. The number of rotatable bonds is 8. The van der Waals surface area contributed by atoms with Gasteiger partial charge in [-0.2, -0.15) is 4.98 Å². The van der Waals surface area contributed by atoms with Crippen molar-refractivity contribution in [3.63, 3.8) is 0 Å². The Bertz CT molecular complexity index is 1060. The molecule has 0 saturated carbocycles. The molecule has 12 heteroatoms. The fourth-order valence-corrected chi connectivity index (χ4v) is 4.64. The Hall–Kier alpha value is -2.28. The van der Waals surface area contributed by atoms with E-state index in [0.717, 1.165) is 30.8 Å². The lowest BCUT2D eigenvalue weighted by Gasteiger charge is -2.12. The summed E-state index contributed by atoms with van der Waals surface area (Å²) in [5, 5.41) is 45.0. The Morgan fingerprint density at radius 1 is 1.36 bits per heavy atom. The largest absolute Gasteiger partial charge is 0.876 e. The number of halogens is 1. The molecule has 0 bridgehead atoms. The first-order valence-corrected chi connectivity index (χ1v) is 11.7. The molecule has 0 amide bonds. The van der Waals surface area contributed by atoms with Crippen LogP contribution in [0, 0.1) is 0 Å². The molecule has 1 unspecified atom stereocenters. The average molecular weight is 498 g/mol. The van der Waals surface area contributed by atoms with Gasteiger partial charge in [-0.3, -0.25) is 4.98 Å². The van der Waals surface area contributed by atoms with E-state index in [0.29, 0.717) is 17.0 Å². The number of anilines is 1. The number of H-pyrrole nitrogens is 1. The zero-order valence-electron chi connectivity index (χ0n) is 18.1. The summed E-state index contributed by atoms with van der Waals surface area (Å²) >= 11 is 7.80. The molecule has 180 valence electrons. The SMILES string of the molecule is C=C(C)[O-].OCC1O[C@@H]([n+]2c[nH]c3c(NCCCCc4sccc4Cl)ncnc32)[C@H](O)[C@@H]1O. The molecule has 1 saturated heterocycles. The molecule has 0 aliphatic carbocycles. The number of imidazole rings is 1. The van der Waals surface area contributed by atoms with Crippen LogP contribution < -0.4 is 15.0 Å². The van der Waals surface area contributed by atoms with Gasteiger partial charge in [0.2, 0.25) is 11.7 Å². The molecule has 0 spiro atoms. The first kappa shape index (κ1) is 25.3. The number of aryl methyl sites for hydroxylation is 1. The summed E-state index contributed by atoms with van der Waals surface area (Å²) in [7, 11) is 0. The van der Waals surface area contributed by atoms with Crippen LogP contribution in [0.15, 0.2) is 36.4 Å². The number of hydrogen-bond acceptors (Lipinski definition) is 9. The van der Waals surface area contributed by atoms with E-state index in [-0.39, 0.29) is 12.4 Å². The number of nitrogens with one attached hydrogen (secondary N) is 2. The van der Waals surface area contributed by atoms with Gasteiger partial charge in [0.1, 0.15) is 18.3 Å². The maximum atomic E-state index is 10.3. The van der Waals surface area contributed by atoms with Gasteiger partial charge in [0.25, 0.3) is 0 Å². The molecule has 4 rings (SSSR count). The number of unbranched alkanes of at least 4 members (excludes halogenated alkanes) is 1. The number of fused-ring (bicyclic) bond motifs is 1. The van der Waals surface area contributed by atoms with Crippen molar-refractivity contribution in [3.05, 3.63) is 46.3 Å². The molecule has 1 fully saturated rings. The Morgan fingerprint density at radius 3 is 2.76 bits per heavy atom. The van der Waals surface area contributed by atoms with E-state index < -0.39 is 24.5 Å². The predicted molar refractivity (Wildman–Crippen MR) is 123 cm³/mol. The van der Waals surface area contributed by atoms with Gasteiger partial charge in [-0.15, -0.1) is 23.7 Å². The molecule has 1 aliphatic heterocycles. The number of allylic oxidation sites excluding steroid dienone is 1. The number of nitrogens with zero attached hydrogens (tertiary/aromatic N) is 3. The smallest absolute Gasteiger partial charge is 0.309 e. The Balaban J connectivity index is 0.000000709. The first-order valence-electron chi connectivity index (χ1n) is 10.5. The zero-order chi connectivity index (χ0) is 24.0. The Morgan fingerprint density at radius 2 is 2.12 bits per heavy atom. The number of hydrogen-bond donors (Lipinski definition) is 5. The maximum absolute atomic E-state index is 10.3. The van der Waals surface area contributed by atoms with Crippen LogP contribution in [-0.4, -0.2) is 61.7 Å². The lowest BCUT2D eigenvalue weighted by atomic mass is 10.1. The quantitative estimate of drug-likeness (QED) is 0.175. The summed E-state index contributed by atoms with van der Waals surface area (Å²) in [6, 6.07) is 1.92. The molecular formula is C21H28ClN5O5S. The van der Waals surface area contributed by atoms with Gasteiger partial charge >= 0.3 is 5.65 Å². The summed E-state index contributed by atoms with van der Waals surface area (Å²) in [6.07, 6.45) is 1.92. The zero-order valence-corrected chi connectivity index (χ0v) is 19.7. The maximum Gasteiger partial charge on any atom is 0.309 e. The highest BCUT2D eigenvalue weighted by Crippen LogP contribution is 2.27. The van der Waals surface area contributed by atoms with Gasteiger partial charge in [0, 0.05) is 11.4 Å². The van der Waals surface area contributed by atoms with E-state index in [9.17, 15) is 20.4 Å². The molecule has 0 radical (unpaired) electrons. The highest BCUT2D eigenvalue weighted by atomic mass is 35.5. The molecular weight excluding hydrogens is 470 g/mol. The monoisotopic (exact) mass is 497 g/mol. The second-order valence-corrected chi connectivity index (χ2v) is 9.02. The van der Waals surface area contributed by atoms with Crippen LogP contribution in [0.1, 0.15) is 30.9 Å². The summed E-state index contributed by atoms with van der Waals surface area (Å²) in [6.45, 7) is 4.78. The van der Waals surface area contributed by atoms with Crippen LogP contribution in [0.5, 0.6) is 0 Å². The Labute approximate surface area is 200 Å². The first-order chi connectivity index (χ1) is 15.8. The van der Waals surface area contributed by atoms with Crippen molar-refractivity contribution in [2.75, 3.05) is 18.5 Å². The van der Waals surface area contributed by atoms with Gasteiger partial charge in [-0.1, -0.05) is 23.5 Å². The van der Waals surface area contributed by atoms with Crippen molar-refractivity contribution >= 4 is 39.9 Å². The van der Waals surface area contributed by atoms with Crippen LogP contribution >= 0.6 is 22.9 Å². The number of aromatic amines is 1. The van der Waals surface area contributed by atoms with Crippen LogP contribution in [-0.2, 0) is 11.2 Å². The van der Waals surface area contributed by atoms with Crippen LogP contribution in [0.3, 0.4) is 0 Å². The van der Waals surface area contributed by atoms with Gasteiger partial charge in [0.15, 0.2) is 18.5 Å². The van der Waals surface area contributed by atoms with Gasteiger partial charge in [-0.25, -0.2) is 4.57 Å². The average Bonchev–Trinajstić information content (AvgIpc) is 3.46. The fourth-order valence-electron chi connectivity index (χ4n) is 3.46. The van der Waals surface area contributed by atoms with Gasteiger partial charge in [0.05, 0.1) is 11.6 Å². The molecule has 3 aromatic rings. The minimum absolute atomic E-state index is 0.0833. The minimum Gasteiger partial charge on any atom is -0.876 e. The third-order valence-electron chi connectivity index (χ3n) is 5.03. The van der Waals surface area contributed by atoms with E-state index in [1.165, 1.54) is 18.1 Å². The summed E-state index contributed by atoms with van der Waals surface area (Å²) < 4.78 is 7.19. The number of thiophene rings is 1. The third-order valence-corrected chi connectivity index (χ3v) is 6.47. The normalized spacial score (nSPS) is 22.2. The molecule has 5 N–H and O–H groups in total. The molecule has 33 heavy (non-hydrogen) atoms. The van der Waals surface area contributed by atoms with E-state index in [2.05, 4.69) is 26.8 Å². The van der Waals surface area contributed by atoms with Crippen LogP contribution in [0.4, 0.5) is 5.82 Å². The third kappa shape index (κ3) is 6.19. The van der Waals surface area contributed by atoms with Crippen molar-refractivity contribution < 1.29 is 29.7 Å². The van der Waals surface area contributed by atoms with E-state index in [4.69, 9.17) is 16.3 Å². The van der Waals surface area contributed by atoms with E-state index >= 15 is 0 Å². The second-order valence-electron chi connectivity index (χ2n) is 7.61. The summed E-state index contributed by atoms with van der Waals surface area (Å²) in [5.41, 5.74) is 1.20. The molecule has 0 aromatic carbocycles. The summed E-state index contributed by atoms with van der Waals surface area (Å²) in [5.74, 6) is 0.564. The number of aliphatic hydroxyl groups is 3. The van der Waals surface area contributed by atoms with Crippen molar-refractivity contribution in [2.45, 2.75) is 50.7 Å². The lowest BCUT2D eigenvalue weighted by Crippen LogP contribution is -2.45. The van der Waals surface area contributed by atoms with Gasteiger partial charge < -0.3 is 30.5 Å². The van der Waals surface area contributed by atoms with Gasteiger partial charge in [-0.05, 0) is 30.7 Å². The molecule has 4 heterocycles. The highest BCUT2D eigenvalue weighted by Gasteiger charge is 2.46. The summed E-state index contributed by atoms with van der Waals surface area (Å²) in [4.78, 5) is 12.9. The number of ether oxygens (including phenoxy) is 1. The topological polar surface area (TPSA) is 150 Å². The van der Waals surface area contributed by atoms with Crippen molar-refractivity contribution in [1.29, 1.82) is 0 Å². The van der Waals surface area contributed by atoms with Crippen LogP contribution in [0.25, 0.3) is 11.2 Å². The van der Waals surface area contributed by atoms with Crippen LogP contribution in [0.2, 0.25) is 5.02 Å². The highest BCUT2D eigenvalue weighted by molar-refractivity contribution is 7.10. The molecule has 1 aliphatic rings. The lowest BCUT2D eigenvalue weighted by molar-refractivity contribution is -0.745. The van der Waals surface area contributed by atoms with Crippen molar-refractivity contribution in [3.8, 4) is 0 Å². The van der Waals surface area contributed by atoms with Crippen molar-refractivity contribution in [1.82, 2.24) is 15.0 Å². The molecule has 10 nitrogen and oxygen atoms in total. The van der Waals surface area contributed by atoms with E-state index in [1.54, 1.807) is 22.2 Å². The minimum atomic E-state index is -1.17. The Kier molecular flexibility index (Phi) is 9.01. The molecule has 3 aromatic heterocycles. The standard InChI is InChI=1S/C18H22ClN5O4S.C3H6O/c19-10-4-6-29-12(10)3-1-2-5-20-16-13-17(22-8-21-16)24(9-23-13)18-15(27)14(26)11(7-25)28-18;1-3(2)4/h4,6,8-9,11,14-15,18,25-27H,1-3,5,7H2,(H,20,21,22);4H,1H2,2H3/t11?,14-,15-,18-;/m1./s1. The van der Waals surface area contributed by atoms with Crippen molar-refractivity contribution in [2.24, 2.45) is 0 Å².